The molecular formula is C16H26N2O. The number of hydrogen-bond donors (Lipinski definition) is 1. The van der Waals surface area contributed by atoms with Crippen LogP contribution in [0.2, 0.25) is 0 Å². The third-order valence-electron chi connectivity index (χ3n) is 5.33. The minimum absolute atomic E-state index is 0.174. The van der Waals surface area contributed by atoms with E-state index in [9.17, 15) is 5.11 Å². The molecule has 106 valence electrons. The van der Waals surface area contributed by atoms with Crippen LogP contribution in [0.15, 0.2) is 12.4 Å². The van der Waals surface area contributed by atoms with Crippen LogP contribution in [0.4, 0.5) is 0 Å². The minimum Gasteiger partial charge on any atom is -0.392 e. The maximum atomic E-state index is 10.5. The lowest BCUT2D eigenvalue weighted by Crippen LogP contribution is -2.34. The second-order valence-corrected chi connectivity index (χ2v) is 6.67. The van der Waals surface area contributed by atoms with Gasteiger partial charge in [0.15, 0.2) is 0 Å². The van der Waals surface area contributed by atoms with E-state index < -0.39 is 0 Å². The van der Waals surface area contributed by atoms with Gasteiger partial charge in [0.05, 0.1) is 12.3 Å². The molecule has 1 heterocycles. The molecule has 3 nitrogen and oxygen atoms in total. The van der Waals surface area contributed by atoms with E-state index in [0.717, 1.165) is 18.3 Å². The number of aliphatic hydroxyl groups is 1. The number of aliphatic hydroxyl groups excluding tert-OH is 1. The largest absolute Gasteiger partial charge is 0.392 e. The highest BCUT2D eigenvalue weighted by atomic mass is 16.3. The standard InChI is InChI=1S/C16H26N2O/c1-18-11-12(10-17-18)8-16(19)15-7-6-13-4-2-3-5-14(13)9-15/h10-11,13-16,19H,2-9H2,1H3. The Morgan fingerprint density at radius 3 is 2.79 bits per heavy atom. The van der Waals surface area contributed by atoms with Crippen molar-refractivity contribution in [1.82, 2.24) is 9.78 Å². The zero-order chi connectivity index (χ0) is 13.2. The van der Waals surface area contributed by atoms with Gasteiger partial charge in [0.1, 0.15) is 0 Å². The van der Waals surface area contributed by atoms with E-state index in [1.807, 2.05) is 24.1 Å². The molecule has 4 atom stereocenters. The monoisotopic (exact) mass is 262 g/mol. The van der Waals surface area contributed by atoms with Crippen LogP contribution in [-0.4, -0.2) is 21.0 Å². The van der Waals surface area contributed by atoms with E-state index in [1.165, 1.54) is 50.5 Å². The smallest absolute Gasteiger partial charge is 0.0609 e. The van der Waals surface area contributed by atoms with E-state index in [0.29, 0.717) is 5.92 Å². The first-order chi connectivity index (χ1) is 9.22. The van der Waals surface area contributed by atoms with Crippen LogP contribution in [0.1, 0.15) is 50.5 Å². The fourth-order valence-corrected chi connectivity index (χ4v) is 4.24. The van der Waals surface area contributed by atoms with Gasteiger partial charge in [-0.25, -0.2) is 0 Å². The molecule has 2 aliphatic rings. The van der Waals surface area contributed by atoms with Crippen LogP contribution in [-0.2, 0) is 13.5 Å². The number of fused-ring (bicyclic) bond motifs is 1. The first-order valence-corrected chi connectivity index (χ1v) is 7.88. The van der Waals surface area contributed by atoms with Crippen molar-refractivity contribution in [3.8, 4) is 0 Å². The number of nitrogens with zero attached hydrogens (tertiary/aromatic N) is 2. The molecule has 4 unspecified atom stereocenters. The molecule has 0 spiro atoms. The predicted molar refractivity (Wildman–Crippen MR) is 75.7 cm³/mol. The van der Waals surface area contributed by atoms with Crippen molar-refractivity contribution in [1.29, 1.82) is 0 Å². The first kappa shape index (κ1) is 13.2. The lowest BCUT2D eigenvalue weighted by molar-refractivity contribution is 0.0361. The molecule has 0 saturated heterocycles. The van der Waals surface area contributed by atoms with Crippen LogP contribution >= 0.6 is 0 Å². The van der Waals surface area contributed by atoms with E-state index in [1.54, 1.807) is 0 Å². The van der Waals surface area contributed by atoms with Crippen molar-refractivity contribution in [3.05, 3.63) is 18.0 Å². The van der Waals surface area contributed by atoms with E-state index in [2.05, 4.69) is 5.10 Å². The molecule has 2 saturated carbocycles. The van der Waals surface area contributed by atoms with Gasteiger partial charge >= 0.3 is 0 Å². The zero-order valence-corrected chi connectivity index (χ0v) is 12.0. The third-order valence-corrected chi connectivity index (χ3v) is 5.33. The van der Waals surface area contributed by atoms with Gasteiger partial charge in [-0.1, -0.05) is 25.7 Å². The van der Waals surface area contributed by atoms with Crippen molar-refractivity contribution < 1.29 is 5.11 Å². The van der Waals surface area contributed by atoms with Crippen molar-refractivity contribution in [2.75, 3.05) is 0 Å². The average molecular weight is 262 g/mol. The summed E-state index contributed by atoms with van der Waals surface area (Å²) in [5, 5.41) is 14.7. The van der Waals surface area contributed by atoms with Gasteiger partial charge in [-0.15, -0.1) is 0 Å². The molecule has 0 aliphatic heterocycles. The van der Waals surface area contributed by atoms with Gasteiger partial charge in [-0.2, -0.15) is 5.10 Å². The van der Waals surface area contributed by atoms with E-state index in [-0.39, 0.29) is 6.10 Å². The molecule has 1 aromatic rings. The minimum atomic E-state index is -0.174. The Labute approximate surface area is 116 Å². The molecule has 1 aromatic heterocycles. The molecular weight excluding hydrogens is 236 g/mol. The van der Waals surface area contributed by atoms with Crippen LogP contribution in [0.25, 0.3) is 0 Å². The fraction of sp³-hybridized carbons (Fsp3) is 0.812. The molecule has 2 aliphatic carbocycles. The number of hydrogen-bond acceptors (Lipinski definition) is 2. The average Bonchev–Trinajstić information content (AvgIpc) is 2.83. The lowest BCUT2D eigenvalue weighted by Gasteiger charge is -2.40. The van der Waals surface area contributed by atoms with Gasteiger partial charge < -0.3 is 5.11 Å². The summed E-state index contributed by atoms with van der Waals surface area (Å²) in [5.41, 5.74) is 1.17. The van der Waals surface area contributed by atoms with Gasteiger partial charge in [0.2, 0.25) is 0 Å². The zero-order valence-electron chi connectivity index (χ0n) is 12.0. The maximum Gasteiger partial charge on any atom is 0.0609 e. The van der Waals surface area contributed by atoms with Crippen LogP contribution in [0.3, 0.4) is 0 Å². The van der Waals surface area contributed by atoms with Crippen LogP contribution in [0, 0.1) is 17.8 Å². The highest BCUT2D eigenvalue weighted by Crippen LogP contribution is 2.43. The summed E-state index contributed by atoms with van der Waals surface area (Å²) in [6.07, 6.45) is 14.0. The summed E-state index contributed by atoms with van der Waals surface area (Å²) in [7, 11) is 1.93. The maximum absolute atomic E-state index is 10.5. The van der Waals surface area contributed by atoms with Crippen molar-refractivity contribution in [2.45, 2.75) is 57.5 Å². The summed E-state index contributed by atoms with van der Waals surface area (Å²) in [6, 6.07) is 0. The molecule has 1 N–H and O–H groups in total. The van der Waals surface area contributed by atoms with Crippen LogP contribution in [0.5, 0.6) is 0 Å². The summed E-state index contributed by atoms with van der Waals surface area (Å²) in [6.45, 7) is 0. The van der Waals surface area contributed by atoms with Crippen LogP contribution < -0.4 is 0 Å². The third kappa shape index (κ3) is 3.02. The molecule has 0 amide bonds. The summed E-state index contributed by atoms with van der Waals surface area (Å²) in [5.74, 6) is 2.38. The number of aryl methyl sites for hydroxylation is 1. The highest BCUT2D eigenvalue weighted by Gasteiger charge is 2.34. The summed E-state index contributed by atoms with van der Waals surface area (Å²) in [4.78, 5) is 0. The second kappa shape index (κ2) is 5.66. The van der Waals surface area contributed by atoms with Gasteiger partial charge in [-0.3, -0.25) is 4.68 Å². The SMILES string of the molecule is Cn1cc(CC(O)C2CCC3CCCCC3C2)cn1. The Morgan fingerprint density at radius 1 is 1.26 bits per heavy atom. The first-order valence-electron chi connectivity index (χ1n) is 7.88. The van der Waals surface area contributed by atoms with Crippen molar-refractivity contribution >= 4 is 0 Å². The van der Waals surface area contributed by atoms with Gasteiger partial charge in [0.25, 0.3) is 0 Å². The molecule has 0 bridgehead atoms. The van der Waals surface area contributed by atoms with Crippen molar-refractivity contribution in [3.63, 3.8) is 0 Å². The number of aromatic nitrogens is 2. The highest BCUT2D eigenvalue weighted by molar-refractivity contribution is 5.06. The molecule has 2 fully saturated rings. The second-order valence-electron chi connectivity index (χ2n) is 6.67. The molecule has 3 heteroatoms. The Hall–Kier alpha value is -0.830. The Bertz CT molecular complexity index is 415. The predicted octanol–water partition coefficient (Wildman–Crippen LogP) is 2.93. The molecule has 3 rings (SSSR count). The summed E-state index contributed by atoms with van der Waals surface area (Å²) >= 11 is 0. The quantitative estimate of drug-likeness (QED) is 0.909. The topological polar surface area (TPSA) is 38.0 Å². The molecule has 0 aromatic carbocycles. The normalized spacial score (nSPS) is 32.8. The van der Waals surface area contributed by atoms with Gasteiger partial charge in [0, 0.05) is 19.7 Å². The lowest BCUT2D eigenvalue weighted by atomic mass is 9.66. The molecule has 19 heavy (non-hydrogen) atoms. The fourth-order valence-electron chi connectivity index (χ4n) is 4.24. The van der Waals surface area contributed by atoms with E-state index >= 15 is 0 Å². The van der Waals surface area contributed by atoms with Gasteiger partial charge in [-0.05, 0) is 42.6 Å². The Morgan fingerprint density at radius 2 is 2.05 bits per heavy atom. The molecule has 0 radical (unpaired) electrons. The Kier molecular flexibility index (Phi) is 3.92. The number of rotatable bonds is 3. The summed E-state index contributed by atoms with van der Waals surface area (Å²) < 4.78 is 1.82. The van der Waals surface area contributed by atoms with E-state index in [4.69, 9.17) is 0 Å². The van der Waals surface area contributed by atoms with Crippen molar-refractivity contribution in [2.24, 2.45) is 24.8 Å². The Balaban J connectivity index is 1.56.